The molecule has 0 radical (unpaired) electrons. The van der Waals surface area contributed by atoms with E-state index in [4.69, 9.17) is 0 Å². The second-order valence-corrected chi connectivity index (χ2v) is 13.4. The lowest BCUT2D eigenvalue weighted by Crippen LogP contribution is -2.35. The number of amides is 1. The van der Waals surface area contributed by atoms with E-state index >= 15 is 0 Å². The average molecular weight is 608 g/mol. The lowest BCUT2D eigenvalue weighted by Gasteiger charge is -2.11. The van der Waals surface area contributed by atoms with Crippen LogP contribution in [0.4, 0.5) is 18.3 Å². The summed E-state index contributed by atoms with van der Waals surface area (Å²) < 4.78 is 67.0. The Morgan fingerprint density at radius 2 is 1.73 bits per heavy atom. The summed E-state index contributed by atoms with van der Waals surface area (Å²) in [6, 6.07) is 9.28. The highest BCUT2D eigenvalue weighted by Gasteiger charge is 2.31. The van der Waals surface area contributed by atoms with Gasteiger partial charge in [0, 0.05) is 17.5 Å². The van der Waals surface area contributed by atoms with Crippen LogP contribution < -0.4 is 10.0 Å². The minimum atomic E-state index is -4.43. The van der Waals surface area contributed by atoms with Crippen molar-refractivity contribution in [1.82, 2.24) is 20.5 Å². The molecule has 0 spiro atoms. The number of carbonyl (C=O) groups is 1. The Morgan fingerprint density at radius 3 is 2.38 bits per heavy atom. The van der Waals surface area contributed by atoms with E-state index in [2.05, 4.69) is 25.2 Å². The molecule has 8 nitrogen and oxygen atoms in total. The summed E-state index contributed by atoms with van der Waals surface area (Å²) in [5, 5.41) is 12.3. The summed E-state index contributed by atoms with van der Waals surface area (Å²) in [5.74, 6) is -0.203. The van der Waals surface area contributed by atoms with Gasteiger partial charge in [-0.25, -0.2) is 13.4 Å². The normalized spacial score (nSPS) is 15.3. The van der Waals surface area contributed by atoms with E-state index in [0.29, 0.717) is 34.0 Å². The first-order valence-corrected chi connectivity index (χ1v) is 15.4. The van der Waals surface area contributed by atoms with E-state index in [1.807, 2.05) is 13.8 Å². The number of rotatable bonds is 7. The van der Waals surface area contributed by atoms with E-state index in [9.17, 15) is 26.4 Å². The molecule has 0 fully saturated rings. The number of benzene rings is 2. The van der Waals surface area contributed by atoms with Crippen molar-refractivity contribution in [2.45, 2.75) is 56.6 Å². The molecule has 2 aromatic carbocycles. The van der Waals surface area contributed by atoms with Crippen molar-refractivity contribution in [2.75, 3.05) is 4.72 Å². The van der Waals surface area contributed by atoms with Gasteiger partial charge in [0.05, 0.1) is 16.2 Å². The number of carbonyl (C=O) groups excluding carboxylic acids is 1. The molecule has 1 unspecified atom stereocenters. The fraction of sp³-hybridized carbons (Fsp3) is 0.308. The second-order valence-electron chi connectivity index (χ2n) is 9.72. The number of aromatic nitrogens is 3. The topological polar surface area (TPSA) is 114 Å². The van der Waals surface area contributed by atoms with Crippen LogP contribution in [-0.4, -0.2) is 35.5 Å². The lowest BCUT2D eigenvalue weighted by atomic mass is 10.1. The summed E-state index contributed by atoms with van der Waals surface area (Å²) in [4.78, 5) is 17.9. The van der Waals surface area contributed by atoms with Gasteiger partial charge in [0.1, 0.15) is 14.9 Å². The third kappa shape index (κ3) is 5.88. The molecule has 1 aliphatic carbocycles. The van der Waals surface area contributed by atoms with Gasteiger partial charge in [-0.1, -0.05) is 43.4 Å². The van der Waals surface area contributed by atoms with Crippen molar-refractivity contribution in [1.29, 1.82) is 0 Å². The number of fused-ring (bicyclic) bond motifs is 1. The predicted octanol–water partition coefficient (Wildman–Crippen LogP) is 5.81. The van der Waals surface area contributed by atoms with Crippen LogP contribution in [0.5, 0.6) is 0 Å². The molecule has 0 saturated heterocycles. The Balaban J connectivity index is 1.26. The molecule has 2 aromatic heterocycles. The van der Waals surface area contributed by atoms with Crippen LogP contribution in [0.15, 0.2) is 47.4 Å². The third-order valence-corrected chi connectivity index (χ3v) is 10.2. The number of nitrogens with zero attached hydrogens (tertiary/aromatic N) is 3. The summed E-state index contributed by atoms with van der Waals surface area (Å²) >= 11 is 2.30. The van der Waals surface area contributed by atoms with Crippen LogP contribution in [-0.2, 0) is 29.0 Å². The molecular weight excluding hydrogens is 584 g/mol. The zero-order valence-corrected chi connectivity index (χ0v) is 24.0. The highest BCUT2D eigenvalue weighted by Crippen LogP contribution is 2.34. The number of sulfonamides is 1. The number of halogens is 3. The average Bonchev–Trinajstić information content (AvgIpc) is 3.61. The Labute approximate surface area is 236 Å². The van der Waals surface area contributed by atoms with Crippen LogP contribution in [0.2, 0.25) is 0 Å². The number of alkyl halides is 3. The van der Waals surface area contributed by atoms with Crippen molar-refractivity contribution in [2.24, 2.45) is 0 Å². The SMILES string of the molecule is Cc1nc(-c2ccc(C(F)(F)F)cc2)sc1C(=O)NC1Cc2ccc(S(=O)(=O)Nc3nnc(C(C)C)s3)cc2C1. The zero-order valence-electron chi connectivity index (χ0n) is 21.5. The predicted molar refractivity (Wildman–Crippen MR) is 147 cm³/mol. The highest BCUT2D eigenvalue weighted by atomic mass is 32.2. The molecule has 2 heterocycles. The maximum atomic E-state index is 13.1. The van der Waals surface area contributed by atoms with Crippen molar-refractivity contribution in [3.8, 4) is 10.6 Å². The minimum Gasteiger partial charge on any atom is -0.348 e. The third-order valence-electron chi connectivity index (χ3n) is 6.37. The van der Waals surface area contributed by atoms with Crippen LogP contribution in [0.25, 0.3) is 10.6 Å². The highest BCUT2D eigenvalue weighted by molar-refractivity contribution is 7.93. The first kappa shape index (κ1) is 28.2. The summed E-state index contributed by atoms with van der Waals surface area (Å²) in [6.45, 7) is 5.57. The van der Waals surface area contributed by atoms with Gasteiger partial charge in [-0.2, -0.15) is 13.2 Å². The molecule has 0 saturated carbocycles. The minimum absolute atomic E-state index is 0.0963. The maximum Gasteiger partial charge on any atom is 0.416 e. The molecule has 0 bridgehead atoms. The van der Waals surface area contributed by atoms with E-state index in [1.54, 1.807) is 19.1 Å². The van der Waals surface area contributed by atoms with Gasteiger partial charge < -0.3 is 5.32 Å². The van der Waals surface area contributed by atoms with Crippen molar-refractivity contribution in [3.05, 3.63) is 74.7 Å². The van der Waals surface area contributed by atoms with Crippen LogP contribution in [0.1, 0.15) is 56.8 Å². The van der Waals surface area contributed by atoms with E-state index < -0.39 is 21.8 Å². The molecule has 1 aliphatic rings. The molecule has 0 aliphatic heterocycles. The zero-order chi connectivity index (χ0) is 28.8. The molecule has 4 aromatic rings. The van der Waals surface area contributed by atoms with Crippen molar-refractivity contribution >= 4 is 43.7 Å². The van der Waals surface area contributed by atoms with E-state index in [1.165, 1.54) is 29.5 Å². The van der Waals surface area contributed by atoms with Crippen LogP contribution >= 0.6 is 22.7 Å². The largest absolute Gasteiger partial charge is 0.416 e. The lowest BCUT2D eigenvalue weighted by molar-refractivity contribution is -0.137. The molecule has 14 heteroatoms. The van der Waals surface area contributed by atoms with Gasteiger partial charge in [0.2, 0.25) is 5.13 Å². The molecule has 1 amide bonds. The fourth-order valence-corrected chi connectivity index (χ4v) is 7.33. The smallest absolute Gasteiger partial charge is 0.348 e. The van der Waals surface area contributed by atoms with Gasteiger partial charge in [-0.3, -0.25) is 9.52 Å². The number of aryl methyl sites for hydroxylation is 1. The standard InChI is InChI=1S/C26H24F3N5O3S3/c1-13(2)23-32-33-25(39-23)34-40(36,37)20-9-6-16-10-19(11-17(16)12-20)31-22(35)21-14(3)30-24(38-21)15-4-7-18(8-5-15)26(27,28)29/h4-9,12-13,19H,10-11H2,1-3H3,(H,31,35)(H,33,34). The second kappa shape index (κ2) is 10.6. The van der Waals surface area contributed by atoms with Gasteiger partial charge in [-0.15, -0.1) is 21.5 Å². The van der Waals surface area contributed by atoms with Crippen molar-refractivity contribution in [3.63, 3.8) is 0 Å². The fourth-order valence-electron chi connectivity index (χ4n) is 4.33. The van der Waals surface area contributed by atoms with Gasteiger partial charge in [-0.05, 0) is 55.2 Å². The first-order chi connectivity index (χ1) is 18.8. The van der Waals surface area contributed by atoms with Crippen molar-refractivity contribution < 1.29 is 26.4 Å². The van der Waals surface area contributed by atoms with E-state index in [-0.39, 0.29) is 27.9 Å². The Hall–Kier alpha value is -3.36. The van der Waals surface area contributed by atoms with E-state index in [0.717, 1.165) is 39.6 Å². The van der Waals surface area contributed by atoms with Crippen LogP contribution in [0, 0.1) is 6.92 Å². The Kier molecular flexibility index (Phi) is 7.44. The first-order valence-electron chi connectivity index (χ1n) is 12.2. The summed E-state index contributed by atoms with van der Waals surface area (Å²) in [5.41, 5.74) is 1.97. The quantitative estimate of drug-likeness (QED) is 0.274. The molecule has 210 valence electrons. The van der Waals surface area contributed by atoms with Gasteiger partial charge >= 0.3 is 6.18 Å². The summed E-state index contributed by atoms with van der Waals surface area (Å²) in [6.07, 6.45) is -3.45. The molecule has 5 rings (SSSR count). The Morgan fingerprint density at radius 1 is 1.02 bits per heavy atom. The number of anilines is 1. The number of thiazole rings is 1. The van der Waals surface area contributed by atoms with Gasteiger partial charge in [0.15, 0.2) is 0 Å². The molecule has 40 heavy (non-hydrogen) atoms. The number of hydrogen-bond acceptors (Lipinski definition) is 8. The monoisotopic (exact) mass is 607 g/mol. The Bertz CT molecular complexity index is 1680. The number of hydrogen-bond donors (Lipinski definition) is 2. The maximum absolute atomic E-state index is 13.1. The summed E-state index contributed by atoms with van der Waals surface area (Å²) in [7, 11) is -3.87. The van der Waals surface area contributed by atoms with Crippen LogP contribution in [0.3, 0.4) is 0 Å². The van der Waals surface area contributed by atoms with Gasteiger partial charge in [0.25, 0.3) is 15.9 Å². The molecule has 2 N–H and O–H groups in total. The molecular formula is C26H24F3N5O3S3. The molecule has 1 atom stereocenters. The number of nitrogens with one attached hydrogen (secondary N) is 2.